The zero-order chi connectivity index (χ0) is 27.3. The molecule has 1 atom stereocenters. The SMILES string of the molecule is COc1ccc(COc2cccc(COC[C@@H]3CCc4nc(-c5ccc(F)cc5)c(-c5ccncc5)n43)c2)cc1. The first-order valence-electron chi connectivity index (χ1n) is 13.4. The van der Waals surface area contributed by atoms with Crippen molar-refractivity contribution in [1.29, 1.82) is 0 Å². The van der Waals surface area contributed by atoms with Gasteiger partial charge in [0.05, 0.1) is 37.8 Å². The first-order chi connectivity index (χ1) is 19.7. The number of benzene rings is 3. The molecule has 202 valence electrons. The van der Waals surface area contributed by atoms with Crippen LogP contribution in [0.15, 0.2) is 97.3 Å². The molecule has 0 bridgehead atoms. The number of fused-ring (bicyclic) bond motifs is 1. The number of aryl methyl sites for hydroxylation is 1. The summed E-state index contributed by atoms with van der Waals surface area (Å²) in [7, 11) is 1.66. The molecule has 0 aliphatic carbocycles. The molecule has 0 radical (unpaired) electrons. The van der Waals surface area contributed by atoms with E-state index in [1.54, 1.807) is 31.6 Å². The van der Waals surface area contributed by atoms with Gasteiger partial charge in [0.25, 0.3) is 0 Å². The highest BCUT2D eigenvalue weighted by Crippen LogP contribution is 2.39. The molecule has 2 aromatic heterocycles. The van der Waals surface area contributed by atoms with Crippen LogP contribution in [0.3, 0.4) is 0 Å². The van der Waals surface area contributed by atoms with Gasteiger partial charge in [-0.15, -0.1) is 0 Å². The molecule has 0 saturated carbocycles. The highest BCUT2D eigenvalue weighted by molar-refractivity contribution is 5.79. The highest BCUT2D eigenvalue weighted by Gasteiger charge is 2.30. The summed E-state index contributed by atoms with van der Waals surface area (Å²) in [5.74, 6) is 2.39. The predicted molar refractivity (Wildman–Crippen MR) is 152 cm³/mol. The van der Waals surface area contributed by atoms with Crippen molar-refractivity contribution in [3.05, 3.63) is 120 Å². The molecule has 0 unspecified atom stereocenters. The third kappa shape index (κ3) is 5.60. The van der Waals surface area contributed by atoms with Crippen LogP contribution < -0.4 is 9.47 Å². The molecular formula is C33H30FN3O3. The fraction of sp³-hybridized carbons (Fsp3) is 0.212. The van der Waals surface area contributed by atoms with Crippen molar-refractivity contribution in [2.24, 2.45) is 0 Å². The van der Waals surface area contributed by atoms with Crippen LogP contribution in [0.5, 0.6) is 11.5 Å². The Hall–Kier alpha value is -4.49. The van der Waals surface area contributed by atoms with Gasteiger partial charge in [-0.3, -0.25) is 4.98 Å². The van der Waals surface area contributed by atoms with Crippen LogP contribution in [-0.4, -0.2) is 28.3 Å². The van der Waals surface area contributed by atoms with E-state index in [-0.39, 0.29) is 11.9 Å². The Kier molecular flexibility index (Phi) is 7.55. The average Bonchev–Trinajstić information content (AvgIpc) is 3.57. The van der Waals surface area contributed by atoms with Crippen molar-refractivity contribution < 1.29 is 18.6 Å². The van der Waals surface area contributed by atoms with Crippen molar-refractivity contribution in [2.75, 3.05) is 13.7 Å². The van der Waals surface area contributed by atoms with E-state index in [4.69, 9.17) is 19.2 Å². The maximum absolute atomic E-state index is 13.6. The number of rotatable bonds is 10. The van der Waals surface area contributed by atoms with Gasteiger partial charge in [0.2, 0.25) is 0 Å². The normalized spacial score (nSPS) is 14.2. The zero-order valence-corrected chi connectivity index (χ0v) is 22.3. The molecule has 0 spiro atoms. The molecule has 0 N–H and O–H groups in total. The second kappa shape index (κ2) is 11.7. The molecule has 3 aromatic carbocycles. The summed E-state index contributed by atoms with van der Waals surface area (Å²) in [6, 6.07) is 26.5. The number of hydrogen-bond acceptors (Lipinski definition) is 5. The van der Waals surface area contributed by atoms with Gasteiger partial charge in [0.15, 0.2) is 0 Å². The van der Waals surface area contributed by atoms with Crippen LogP contribution in [-0.2, 0) is 24.4 Å². The van der Waals surface area contributed by atoms with E-state index in [1.165, 1.54) is 12.1 Å². The van der Waals surface area contributed by atoms with E-state index in [1.807, 2.05) is 60.7 Å². The second-order valence-corrected chi connectivity index (χ2v) is 9.83. The van der Waals surface area contributed by atoms with E-state index in [9.17, 15) is 4.39 Å². The highest BCUT2D eigenvalue weighted by atomic mass is 19.1. The quantitative estimate of drug-likeness (QED) is 0.192. The minimum absolute atomic E-state index is 0.148. The summed E-state index contributed by atoms with van der Waals surface area (Å²) in [5, 5.41) is 0. The number of nitrogens with zero attached hydrogens (tertiary/aromatic N) is 3. The Morgan fingerprint density at radius 2 is 1.65 bits per heavy atom. The molecule has 0 fully saturated rings. The van der Waals surface area contributed by atoms with Crippen molar-refractivity contribution in [3.63, 3.8) is 0 Å². The molecule has 0 amide bonds. The van der Waals surface area contributed by atoms with E-state index >= 15 is 0 Å². The Bertz CT molecular complexity index is 1570. The number of pyridine rings is 1. The monoisotopic (exact) mass is 535 g/mol. The van der Waals surface area contributed by atoms with Gasteiger partial charge in [-0.1, -0.05) is 24.3 Å². The number of halogens is 1. The van der Waals surface area contributed by atoms with E-state index in [0.717, 1.165) is 63.8 Å². The van der Waals surface area contributed by atoms with Crippen LogP contribution in [0.25, 0.3) is 22.5 Å². The molecule has 6 nitrogen and oxygen atoms in total. The third-order valence-corrected chi connectivity index (χ3v) is 7.16. The largest absolute Gasteiger partial charge is 0.497 e. The standard InChI is InChI=1S/C33H30FN3O3/c1-38-29-12-5-23(6-13-29)21-40-30-4-2-3-24(19-30)20-39-22-28-11-14-31-36-32(25-7-9-27(34)10-8-25)33(37(28)31)26-15-17-35-18-16-26/h2-10,12-13,15-19,28H,11,14,20-22H2,1H3/t28-/m0/s1. The molecule has 0 saturated heterocycles. The Morgan fingerprint density at radius 1 is 0.850 bits per heavy atom. The molecule has 5 aromatic rings. The molecule has 6 rings (SSSR count). The van der Waals surface area contributed by atoms with Crippen LogP contribution in [0.4, 0.5) is 4.39 Å². The number of aromatic nitrogens is 3. The molecule has 1 aliphatic heterocycles. The van der Waals surface area contributed by atoms with E-state index in [2.05, 4.69) is 9.55 Å². The fourth-order valence-corrected chi connectivity index (χ4v) is 5.15. The minimum atomic E-state index is -0.262. The lowest BCUT2D eigenvalue weighted by Crippen LogP contribution is -2.13. The van der Waals surface area contributed by atoms with E-state index in [0.29, 0.717) is 19.8 Å². The van der Waals surface area contributed by atoms with Gasteiger partial charge in [-0.05, 0) is 78.2 Å². The molecule has 1 aliphatic rings. The topological polar surface area (TPSA) is 58.4 Å². The van der Waals surface area contributed by atoms with E-state index < -0.39 is 0 Å². The van der Waals surface area contributed by atoms with Gasteiger partial charge >= 0.3 is 0 Å². The first-order valence-corrected chi connectivity index (χ1v) is 13.4. The first kappa shape index (κ1) is 25.8. The minimum Gasteiger partial charge on any atom is -0.497 e. The van der Waals surface area contributed by atoms with Gasteiger partial charge < -0.3 is 18.8 Å². The van der Waals surface area contributed by atoms with Crippen molar-refractivity contribution >= 4 is 0 Å². The lowest BCUT2D eigenvalue weighted by Gasteiger charge is -2.18. The summed E-state index contributed by atoms with van der Waals surface area (Å²) in [6.45, 7) is 1.52. The maximum atomic E-state index is 13.6. The van der Waals surface area contributed by atoms with Crippen molar-refractivity contribution in [3.8, 4) is 34.0 Å². The van der Waals surface area contributed by atoms with Gasteiger partial charge in [-0.25, -0.2) is 9.37 Å². The Labute approximate surface area is 233 Å². The molecule has 40 heavy (non-hydrogen) atoms. The smallest absolute Gasteiger partial charge is 0.123 e. The predicted octanol–water partition coefficient (Wildman–Crippen LogP) is 7.04. The second-order valence-electron chi connectivity index (χ2n) is 9.83. The van der Waals surface area contributed by atoms with Crippen LogP contribution >= 0.6 is 0 Å². The zero-order valence-electron chi connectivity index (χ0n) is 22.3. The summed E-state index contributed by atoms with van der Waals surface area (Å²) in [5.41, 5.74) is 5.92. The third-order valence-electron chi connectivity index (χ3n) is 7.16. The van der Waals surface area contributed by atoms with Gasteiger partial charge in [0, 0.05) is 29.9 Å². The summed E-state index contributed by atoms with van der Waals surface area (Å²) >= 11 is 0. The average molecular weight is 536 g/mol. The van der Waals surface area contributed by atoms with Crippen molar-refractivity contribution in [2.45, 2.75) is 32.1 Å². The summed E-state index contributed by atoms with van der Waals surface area (Å²) in [6.07, 6.45) is 5.39. The number of methoxy groups -OCH3 is 1. The Balaban J connectivity index is 1.15. The van der Waals surface area contributed by atoms with Gasteiger partial charge in [-0.2, -0.15) is 0 Å². The molecular weight excluding hydrogens is 505 g/mol. The lowest BCUT2D eigenvalue weighted by molar-refractivity contribution is 0.0923. The fourth-order valence-electron chi connectivity index (χ4n) is 5.15. The van der Waals surface area contributed by atoms with Crippen LogP contribution in [0, 0.1) is 5.82 Å². The maximum Gasteiger partial charge on any atom is 0.123 e. The van der Waals surface area contributed by atoms with Crippen LogP contribution in [0.1, 0.15) is 29.4 Å². The number of imidazole rings is 1. The number of hydrogen-bond donors (Lipinski definition) is 0. The lowest BCUT2D eigenvalue weighted by atomic mass is 10.0. The van der Waals surface area contributed by atoms with Crippen LogP contribution in [0.2, 0.25) is 0 Å². The summed E-state index contributed by atoms with van der Waals surface area (Å²) < 4.78 is 33.4. The molecule has 7 heteroatoms. The van der Waals surface area contributed by atoms with Crippen molar-refractivity contribution in [1.82, 2.24) is 14.5 Å². The Morgan fingerprint density at radius 3 is 2.42 bits per heavy atom. The summed E-state index contributed by atoms with van der Waals surface area (Å²) in [4.78, 5) is 9.18. The van der Waals surface area contributed by atoms with Gasteiger partial charge in [0.1, 0.15) is 29.7 Å². The molecule has 3 heterocycles. The number of ether oxygens (including phenoxy) is 3.